The van der Waals surface area contributed by atoms with Crippen molar-refractivity contribution in [1.29, 1.82) is 0 Å². The van der Waals surface area contributed by atoms with E-state index in [2.05, 4.69) is 0 Å². The number of benzene rings is 1. The first-order valence-electron chi connectivity index (χ1n) is 8.02. The number of nitro groups is 1. The van der Waals surface area contributed by atoms with Gasteiger partial charge in [0.1, 0.15) is 11.6 Å². The van der Waals surface area contributed by atoms with Crippen LogP contribution in [0.5, 0.6) is 0 Å². The highest BCUT2D eigenvalue weighted by molar-refractivity contribution is 5.81. The first-order chi connectivity index (χ1) is 11.6. The molecule has 1 amide bonds. The summed E-state index contributed by atoms with van der Waals surface area (Å²) in [7, 11) is 0. The molecule has 0 spiro atoms. The van der Waals surface area contributed by atoms with Crippen LogP contribution in [0.15, 0.2) is 24.3 Å². The normalized spacial score (nSPS) is 20.4. The molecule has 2 atom stereocenters. The maximum atomic E-state index is 12.3. The molecular formula is C17H22N2O6. The van der Waals surface area contributed by atoms with Crippen LogP contribution in [0, 0.1) is 16.0 Å². The highest BCUT2D eigenvalue weighted by atomic mass is 16.6. The molecule has 2 rings (SSSR count). The minimum absolute atomic E-state index is 0.00830. The molecule has 136 valence electrons. The lowest BCUT2D eigenvalue weighted by molar-refractivity contribution is -0.384. The standard InChI is InChI=1S/C17H22N2O6/c1-17(2,3)25-16(22)18-10-12(9-14(18)15(20)21)8-11-4-6-13(7-5-11)19(23)24/h4-7,12,14H,8-10H2,1-3H3,(H,20,21)/t12-,14+/m0/s1. The Morgan fingerprint density at radius 2 is 1.92 bits per heavy atom. The number of carboxylic acids is 1. The number of carbonyl (C=O) groups excluding carboxylic acids is 1. The summed E-state index contributed by atoms with van der Waals surface area (Å²) in [5, 5.41) is 20.1. The van der Waals surface area contributed by atoms with E-state index in [0.29, 0.717) is 12.8 Å². The number of carboxylic acid groups (broad SMARTS) is 1. The molecule has 8 heteroatoms. The number of hydrogen-bond donors (Lipinski definition) is 1. The molecule has 1 aromatic carbocycles. The molecule has 1 fully saturated rings. The van der Waals surface area contributed by atoms with Crippen LogP contribution in [-0.4, -0.2) is 45.2 Å². The lowest BCUT2D eigenvalue weighted by Crippen LogP contribution is -2.43. The fourth-order valence-corrected chi connectivity index (χ4v) is 2.91. The third-order valence-corrected chi connectivity index (χ3v) is 3.97. The van der Waals surface area contributed by atoms with E-state index in [0.717, 1.165) is 5.56 Å². The van der Waals surface area contributed by atoms with E-state index in [-0.39, 0.29) is 18.2 Å². The average molecular weight is 350 g/mol. The van der Waals surface area contributed by atoms with Crippen LogP contribution in [0.25, 0.3) is 0 Å². The highest BCUT2D eigenvalue weighted by Gasteiger charge is 2.41. The van der Waals surface area contributed by atoms with Gasteiger partial charge in [-0.05, 0) is 45.1 Å². The number of rotatable bonds is 4. The molecule has 0 radical (unpaired) electrons. The Hall–Kier alpha value is -2.64. The molecule has 25 heavy (non-hydrogen) atoms. The number of ether oxygens (including phenoxy) is 1. The molecule has 1 aromatic rings. The van der Waals surface area contributed by atoms with Gasteiger partial charge in [0.05, 0.1) is 4.92 Å². The van der Waals surface area contributed by atoms with E-state index in [9.17, 15) is 24.8 Å². The summed E-state index contributed by atoms with van der Waals surface area (Å²) in [6.07, 6.45) is 0.234. The quantitative estimate of drug-likeness (QED) is 0.660. The number of hydrogen-bond acceptors (Lipinski definition) is 5. The van der Waals surface area contributed by atoms with Gasteiger partial charge in [-0.1, -0.05) is 12.1 Å². The number of carbonyl (C=O) groups is 2. The van der Waals surface area contributed by atoms with Gasteiger partial charge in [-0.25, -0.2) is 9.59 Å². The van der Waals surface area contributed by atoms with Crippen LogP contribution in [-0.2, 0) is 16.0 Å². The molecular weight excluding hydrogens is 328 g/mol. The monoisotopic (exact) mass is 350 g/mol. The second-order valence-electron chi connectivity index (χ2n) is 7.22. The van der Waals surface area contributed by atoms with Gasteiger partial charge in [0.2, 0.25) is 0 Å². The summed E-state index contributed by atoms with van der Waals surface area (Å²) < 4.78 is 5.29. The molecule has 1 aliphatic heterocycles. The summed E-state index contributed by atoms with van der Waals surface area (Å²) in [6, 6.07) is 5.24. The van der Waals surface area contributed by atoms with Crippen LogP contribution in [0.4, 0.5) is 10.5 Å². The SMILES string of the molecule is CC(C)(C)OC(=O)N1C[C@@H](Cc2ccc([N+](=O)[O-])cc2)C[C@@H]1C(=O)O. The summed E-state index contributed by atoms with van der Waals surface area (Å²) in [4.78, 5) is 35.2. The molecule has 0 bridgehead atoms. The Labute approximate surface area is 145 Å². The van der Waals surface area contributed by atoms with Crippen LogP contribution < -0.4 is 0 Å². The summed E-state index contributed by atoms with van der Waals surface area (Å²) in [6.45, 7) is 5.46. The van der Waals surface area contributed by atoms with Crippen molar-refractivity contribution in [3.63, 3.8) is 0 Å². The zero-order chi connectivity index (χ0) is 18.8. The second kappa shape index (κ2) is 7.08. The number of nitrogens with zero attached hydrogens (tertiary/aromatic N) is 2. The van der Waals surface area contributed by atoms with Gasteiger partial charge < -0.3 is 9.84 Å². The number of nitro benzene ring substituents is 1. The third kappa shape index (κ3) is 4.91. The Kier molecular flexibility index (Phi) is 5.30. The average Bonchev–Trinajstić information content (AvgIpc) is 2.90. The van der Waals surface area contributed by atoms with Crippen molar-refractivity contribution in [3.8, 4) is 0 Å². The van der Waals surface area contributed by atoms with Crippen molar-refractivity contribution >= 4 is 17.7 Å². The van der Waals surface area contributed by atoms with Gasteiger partial charge in [0.25, 0.3) is 5.69 Å². The van der Waals surface area contributed by atoms with Gasteiger partial charge in [0.15, 0.2) is 0 Å². The molecule has 0 unspecified atom stereocenters. The smallest absolute Gasteiger partial charge is 0.411 e. The molecule has 1 aliphatic rings. The summed E-state index contributed by atoms with van der Waals surface area (Å²) in [5.74, 6) is -1.10. The van der Waals surface area contributed by atoms with E-state index >= 15 is 0 Å². The largest absolute Gasteiger partial charge is 0.480 e. The maximum Gasteiger partial charge on any atom is 0.411 e. The Balaban J connectivity index is 2.07. The first-order valence-corrected chi connectivity index (χ1v) is 8.02. The molecule has 0 saturated carbocycles. The fraction of sp³-hybridized carbons (Fsp3) is 0.529. The van der Waals surface area contributed by atoms with E-state index in [4.69, 9.17) is 4.74 Å². The van der Waals surface area contributed by atoms with Crippen molar-refractivity contribution in [2.75, 3.05) is 6.54 Å². The van der Waals surface area contributed by atoms with Crippen molar-refractivity contribution in [1.82, 2.24) is 4.90 Å². The molecule has 0 aliphatic carbocycles. The zero-order valence-electron chi connectivity index (χ0n) is 14.5. The van der Waals surface area contributed by atoms with E-state index in [1.807, 2.05) is 0 Å². The van der Waals surface area contributed by atoms with Crippen LogP contribution in [0.3, 0.4) is 0 Å². The second-order valence-corrected chi connectivity index (χ2v) is 7.22. The molecule has 1 heterocycles. The van der Waals surface area contributed by atoms with Gasteiger partial charge in [-0.2, -0.15) is 0 Å². The predicted octanol–water partition coefficient (Wildman–Crippen LogP) is 2.85. The van der Waals surface area contributed by atoms with E-state index in [1.165, 1.54) is 17.0 Å². The zero-order valence-corrected chi connectivity index (χ0v) is 14.5. The minimum atomic E-state index is -1.06. The third-order valence-electron chi connectivity index (χ3n) is 3.97. The topological polar surface area (TPSA) is 110 Å². The van der Waals surface area contributed by atoms with Gasteiger partial charge >= 0.3 is 12.1 Å². The summed E-state index contributed by atoms with van der Waals surface area (Å²) in [5.41, 5.74) is 0.177. The van der Waals surface area contributed by atoms with Gasteiger partial charge in [-0.3, -0.25) is 15.0 Å². The lowest BCUT2D eigenvalue weighted by atomic mass is 9.96. The number of likely N-dealkylation sites (tertiary alicyclic amines) is 1. The van der Waals surface area contributed by atoms with Crippen molar-refractivity contribution in [2.45, 2.75) is 45.3 Å². The first kappa shape index (κ1) is 18.7. The number of non-ortho nitro benzene ring substituents is 1. The minimum Gasteiger partial charge on any atom is -0.480 e. The maximum absolute atomic E-state index is 12.3. The predicted molar refractivity (Wildman–Crippen MR) is 89.3 cm³/mol. The fourth-order valence-electron chi connectivity index (χ4n) is 2.91. The Bertz CT molecular complexity index is 665. The van der Waals surface area contributed by atoms with Crippen molar-refractivity contribution in [2.24, 2.45) is 5.92 Å². The van der Waals surface area contributed by atoms with Crippen LogP contribution in [0.2, 0.25) is 0 Å². The Morgan fingerprint density at radius 3 is 2.40 bits per heavy atom. The van der Waals surface area contributed by atoms with Crippen LogP contribution >= 0.6 is 0 Å². The van der Waals surface area contributed by atoms with Crippen molar-refractivity contribution in [3.05, 3.63) is 39.9 Å². The van der Waals surface area contributed by atoms with Crippen molar-refractivity contribution < 1.29 is 24.4 Å². The molecule has 0 aromatic heterocycles. The number of amides is 1. The lowest BCUT2D eigenvalue weighted by Gasteiger charge is -2.26. The molecule has 1 saturated heterocycles. The molecule has 1 N–H and O–H groups in total. The molecule has 8 nitrogen and oxygen atoms in total. The van der Waals surface area contributed by atoms with E-state index in [1.54, 1.807) is 32.9 Å². The van der Waals surface area contributed by atoms with E-state index < -0.39 is 28.6 Å². The number of aliphatic carboxylic acids is 1. The van der Waals surface area contributed by atoms with Crippen LogP contribution in [0.1, 0.15) is 32.8 Å². The Morgan fingerprint density at radius 1 is 1.32 bits per heavy atom. The van der Waals surface area contributed by atoms with Gasteiger partial charge in [-0.15, -0.1) is 0 Å². The highest BCUT2D eigenvalue weighted by Crippen LogP contribution is 2.28. The van der Waals surface area contributed by atoms with Gasteiger partial charge in [0, 0.05) is 18.7 Å². The summed E-state index contributed by atoms with van der Waals surface area (Å²) >= 11 is 0.